The van der Waals surface area contributed by atoms with Crippen molar-refractivity contribution in [2.24, 2.45) is 0 Å². The minimum absolute atomic E-state index is 0.0670. The predicted octanol–water partition coefficient (Wildman–Crippen LogP) is 4.27. The second-order valence-electron chi connectivity index (χ2n) is 6.90. The van der Waals surface area contributed by atoms with E-state index in [1.807, 2.05) is 26.0 Å². The molecule has 154 valence electrons. The summed E-state index contributed by atoms with van der Waals surface area (Å²) in [5, 5.41) is 18.6. The summed E-state index contributed by atoms with van der Waals surface area (Å²) >= 11 is 0. The predicted molar refractivity (Wildman–Crippen MR) is 112 cm³/mol. The molecule has 0 unspecified atom stereocenters. The summed E-state index contributed by atoms with van der Waals surface area (Å²) in [6, 6.07) is 18.2. The van der Waals surface area contributed by atoms with Crippen LogP contribution in [0.25, 0.3) is 0 Å². The summed E-state index contributed by atoms with van der Waals surface area (Å²) < 4.78 is 36.1. The van der Waals surface area contributed by atoms with Crippen LogP contribution in [0.15, 0.2) is 65.6 Å². The smallest absolute Gasteiger partial charge is 0.339 e. The highest BCUT2D eigenvalue weighted by Crippen LogP contribution is 2.26. The van der Waals surface area contributed by atoms with Gasteiger partial charge in [-0.15, -0.1) is 0 Å². The normalized spacial score (nSPS) is 11.0. The highest BCUT2D eigenvalue weighted by Gasteiger charge is 2.17. The Kier molecular flexibility index (Phi) is 6.28. The van der Waals surface area contributed by atoms with Crippen molar-refractivity contribution >= 4 is 10.1 Å². The topological polar surface area (TPSA) is 96.6 Å². The van der Waals surface area contributed by atoms with Gasteiger partial charge < -0.3 is 14.0 Å². The van der Waals surface area contributed by atoms with Crippen molar-refractivity contribution in [3.8, 4) is 23.3 Å². The molecule has 0 saturated carbocycles. The van der Waals surface area contributed by atoms with Crippen LogP contribution in [0.3, 0.4) is 0 Å². The summed E-state index contributed by atoms with van der Waals surface area (Å²) in [6.45, 7) is 3.93. The Morgan fingerprint density at radius 3 is 2.43 bits per heavy atom. The van der Waals surface area contributed by atoms with Crippen LogP contribution in [0.1, 0.15) is 22.3 Å². The van der Waals surface area contributed by atoms with E-state index in [9.17, 15) is 13.5 Å². The molecule has 0 atom stereocenters. The van der Waals surface area contributed by atoms with Crippen LogP contribution in [-0.2, 0) is 16.5 Å². The lowest BCUT2D eigenvalue weighted by Gasteiger charge is -2.12. The third-order valence-electron chi connectivity index (χ3n) is 4.35. The Balaban J connectivity index is 1.69. The number of aryl methyl sites for hydroxylation is 2. The van der Waals surface area contributed by atoms with E-state index in [1.54, 1.807) is 36.4 Å². The molecule has 0 heterocycles. The second-order valence-corrected chi connectivity index (χ2v) is 8.44. The van der Waals surface area contributed by atoms with Crippen molar-refractivity contribution in [2.75, 3.05) is 6.61 Å². The molecule has 6 nitrogen and oxygen atoms in total. The van der Waals surface area contributed by atoms with E-state index >= 15 is 0 Å². The van der Waals surface area contributed by atoms with Gasteiger partial charge in [-0.3, -0.25) is 0 Å². The molecule has 0 fully saturated rings. The van der Waals surface area contributed by atoms with Crippen LogP contribution in [-0.4, -0.2) is 20.1 Å². The Bertz CT molecular complexity index is 1210. The molecule has 0 radical (unpaired) electrons. The number of phenols is 1. The van der Waals surface area contributed by atoms with Crippen molar-refractivity contribution in [1.29, 1.82) is 5.26 Å². The van der Waals surface area contributed by atoms with Gasteiger partial charge in [-0.2, -0.15) is 13.7 Å². The molecule has 0 aliphatic heterocycles. The van der Waals surface area contributed by atoms with Gasteiger partial charge in [0.05, 0.1) is 12.2 Å². The summed E-state index contributed by atoms with van der Waals surface area (Å²) in [7, 11) is -3.95. The fourth-order valence-electron chi connectivity index (χ4n) is 2.91. The third kappa shape index (κ3) is 5.31. The first-order chi connectivity index (χ1) is 14.3. The molecule has 0 amide bonds. The van der Waals surface area contributed by atoms with Crippen LogP contribution < -0.4 is 8.92 Å². The molecule has 3 aromatic rings. The molecular formula is C23H21NO5S. The van der Waals surface area contributed by atoms with Crippen molar-refractivity contribution in [3.05, 3.63) is 82.9 Å². The highest BCUT2D eigenvalue weighted by molar-refractivity contribution is 7.87. The Hall–Kier alpha value is -3.50. The average molecular weight is 423 g/mol. The van der Waals surface area contributed by atoms with Gasteiger partial charge in [0.1, 0.15) is 28.2 Å². The zero-order chi connectivity index (χ0) is 21.7. The lowest BCUT2D eigenvalue weighted by molar-refractivity contribution is 0.320. The molecule has 0 aliphatic carbocycles. The van der Waals surface area contributed by atoms with Crippen molar-refractivity contribution < 1.29 is 22.4 Å². The van der Waals surface area contributed by atoms with E-state index in [0.29, 0.717) is 18.8 Å². The molecule has 0 saturated heterocycles. The summed E-state index contributed by atoms with van der Waals surface area (Å²) in [4.78, 5) is 0.0899. The van der Waals surface area contributed by atoms with E-state index in [2.05, 4.69) is 0 Å². The molecule has 0 bridgehead atoms. The largest absolute Gasteiger partial charge is 0.507 e. The molecule has 0 spiro atoms. The van der Waals surface area contributed by atoms with Crippen LogP contribution >= 0.6 is 0 Å². The monoisotopic (exact) mass is 423 g/mol. The van der Waals surface area contributed by atoms with Crippen LogP contribution in [0.2, 0.25) is 0 Å². The maximum atomic E-state index is 12.6. The number of phenolic OH excluding ortho intramolecular Hbond substituents is 1. The van der Waals surface area contributed by atoms with Crippen molar-refractivity contribution in [1.82, 2.24) is 0 Å². The van der Waals surface area contributed by atoms with E-state index < -0.39 is 10.1 Å². The fraction of sp³-hybridized carbons (Fsp3) is 0.174. The maximum Gasteiger partial charge on any atom is 0.339 e. The summed E-state index contributed by atoms with van der Waals surface area (Å²) in [5.74, 6) is 0.576. The summed E-state index contributed by atoms with van der Waals surface area (Å²) in [5.41, 5.74) is 2.65. The highest BCUT2D eigenvalue weighted by atomic mass is 32.2. The molecule has 1 N–H and O–H groups in total. The fourth-order valence-corrected chi connectivity index (χ4v) is 3.93. The van der Waals surface area contributed by atoms with Crippen LogP contribution in [0, 0.1) is 25.2 Å². The van der Waals surface area contributed by atoms with E-state index in [0.717, 1.165) is 16.7 Å². The standard InChI is InChI=1S/C23H21NO5S/c1-16-4-3-5-22(12-16)30(26,27)29-21-11-17(2)10-20(14-21)28-9-8-18-6-7-19(15-24)23(25)13-18/h3-7,10-14,25H,8-9H2,1-2H3. The van der Waals surface area contributed by atoms with Crippen LogP contribution in [0.5, 0.6) is 17.2 Å². The average Bonchev–Trinajstić information content (AvgIpc) is 2.67. The van der Waals surface area contributed by atoms with Gasteiger partial charge in [0.25, 0.3) is 0 Å². The number of hydrogen-bond acceptors (Lipinski definition) is 6. The second kappa shape index (κ2) is 8.89. The van der Waals surface area contributed by atoms with Gasteiger partial charge in [-0.05, 0) is 66.9 Å². The number of nitriles is 1. The van der Waals surface area contributed by atoms with Gasteiger partial charge >= 0.3 is 10.1 Å². The SMILES string of the molecule is Cc1cc(OCCc2ccc(C#N)c(O)c2)cc(OS(=O)(=O)c2cccc(C)c2)c1. The summed E-state index contributed by atoms with van der Waals surface area (Å²) in [6.07, 6.45) is 0.505. The van der Waals surface area contributed by atoms with Gasteiger partial charge in [0, 0.05) is 12.5 Å². The number of hydrogen-bond donors (Lipinski definition) is 1. The maximum absolute atomic E-state index is 12.6. The third-order valence-corrected chi connectivity index (χ3v) is 5.59. The quantitative estimate of drug-likeness (QED) is 0.570. The van der Waals surface area contributed by atoms with E-state index in [-0.39, 0.29) is 22.0 Å². The first-order valence-electron chi connectivity index (χ1n) is 9.24. The minimum atomic E-state index is -3.95. The molecule has 3 aromatic carbocycles. The van der Waals surface area contributed by atoms with Gasteiger partial charge in [-0.1, -0.05) is 18.2 Å². The number of ether oxygens (including phenoxy) is 1. The molecule has 3 rings (SSSR count). The molecule has 30 heavy (non-hydrogen) atoms. The molecule has 7 heteroatoms. The number of benzene rings is 3. The Labute approximate surface area is 176 Å². The van der Waals surface area contributed by atoms with E-state index in [1.165, 1.54) is 18.2 Å². The van der Waals surface area contributed by atoms with Crippen molar-refractivity contribution in [2.45, 2.75) is 25.2 Å². The van der Waals surface area contributed by atoms with Crippen LogP contribution in [0.4, 0.5) is 0 Å². The minimum Gasteiger partial charge on any atom is -0.507 e. The zero-order valence-electron chi connectivity index (χ0n) is 16.6. The van der Waals surface area contributed by atoms with E-state index in [4.69, 9.17) is 14.2 Å². The lowest BCUT2D eigenvalue weighted by atomic mass is 10.1. The zero-order valence-corrected chi connectivity index (χ0v) is 17.4. The molecule has 0 aliphatic rings. The van der Waals surface area contributed by atoms with Crippen molar-refractivity contribution in [3.63, 3.8) is 0 Å². The Morgan fingerprint density at radius 2 is 1.73 bits per heavy atom. The number of rotatable bonds is 7. The number of nitrogens with zero attached hydrogens (tertiary/aromatic N) is 1. The molecular weight excluding hydrogens is 402 g/mol. The van der Waals surface area contributed by atoms with Gasteiger partial charge in [-0.25, -0.2) is 0 Å². The molecule has 0 aromatic heterocycles. The first kappa shape index (κ1) is 21.2. The number of aromatic hydroxyl groups is 1. The van der Waals surface area contributed by atoms with Gasteiger partial charge in [0.2, 0.25) is 0 Å². The van der Waals surface area contributed by atoms with Gasteiger partial charge in [0.15, 0.2) is 0 Å². The lowest BCUT2D eigenvalue weighted by Crippen LogP contribution is -2.10. The Morgan fingerprint density at radius 1 is 0.967 bits per heavy atom. The first-order valence-corrected chi connectivity index (χ1v) is 10.7.